The van der Waals surface area contributed by atoms with Crippen LogP contribution in [-0.4, -0.2) is 0 Å². The minimum atomic E-state index is -0.0375. The van der Waals surface area contributed by atoms with E-state index in [0.29, 0.717) is 0 Å². The maximum atomic E-state index is 2.55. The van der Waals surface area contributed by atoms with E-state index in [9.17, 15) is 0 Å². The lowest BCUT2D eigenvalue weighted by Crippen LogP contribution is -2.23. The molecule has 0 saturated carbocycles. The molecule has 2 heteroatoms. The maximum absolute atomic E-state index is 2.55. The van der Waals surface area contributed by atoms with E-state index < -0.39 is 0 Å². The van der Waals surface area contributed by atoms with Crippen LogP contribution in [0.1, 0.15) is 41.2 Å². The average molecular weight is 409 g/mol. The van der Waals surface area contributed by atoms with Gasteiger partial charge in [-0.1, -0.05) is 36.4 Å². The van der Waals surface area contributed by atoms with Crippen LogP contribution in [0.15, 0.2) is 65.4 Å². The van der Waals surface area contributed by atoms with E-state index in [-0.39, 0.29) is 5.41 Å². The van der Waals surface area contributed by atoms with Crippen molar-refractivity contribution in [1.29, 1.82) is 0 Å². The van der Waals surface area contributed by atoms with Crippen LogP contribution in [0, 0.1) is 0 Å². The molecule has 3 aromatic carbocycles. The largest absolute Gasteiger partial charge is 0.143 e. The van der Waals surface area contributed by atoms with Crippen molar-refractivity contribution < 1.29 is 0 Å². The van der Waals surface area contributed by atoms with Gasteiger partial charge in [0.2, 0.25) is 0 Å². The third-order valence-electron chi connectivity index (χ3n) is 7.28. The summed E-state index contributed by atoms with van der Waals surface area (Å²) in [7, 11) is 0. The minimum absolute atomic E-state index is 0.0375. The van der Waals surface area contributed by atoms with Crippen molar-refractivity contribution in [3.05, 3.63) is 93.2 Å². The molecule has 0 aliphatic heterocycles. The summed E-state index contributed by atoms with van der Waals surface area (Å²) in [6.45, 7) is 2.47. The standard InChI is InChI=1S/C27H20S2/c1-27(22-11-13-28-25(22)26-23(27)12-14-29-26)24-15-21-17-6-3-2-5-16(17)9-10-19(21)18-7-4-8-20(18)24/h2-3,5-6,9-15H,4,7-8H2,1H3. The monoisotopic (exact) mass is 408 g/mol. The normalized spacial score (nSPS) is 16.3. The molecule has 0 nitrogen and oxygen atoms in total. The predicted octanol–water partition coefficient (Wildman–Crippen LogP) is 7.94. The van der Waals surface area contributed by atoms with Crippen LogP contribution in [0.25, 0.3) is 31.3 Å². The third kappa shape index (κ3) is 1.94. The second-order valence-corrected chi connectivity index (χ2v) is 10.4. The molecule has 0 atom stereocenters. The summed E-state index contributed by atoms with van der Waals surface area (Å²) >= 11 is 3.81. The second-order valence-electron chi connectivity index (χ2n) is 8.57. The smallest absolute Gasteiger partial charge is 0.0490 e. The molecule has 0 radical (unpaired) electrons. The molecule has 140 valence electrons. The zero-order valence-electron chi connectivity index (χ0n) is 16.3. The first kappa shape index (κ1) is 16.4. The molecule has 7 rings (SSSR count). The number of benzene rings is 3. The van der Waals surface area contributed by atoms with Crippen molar-refractivity contribution in [1.82, 2.24) is 0 Å². The summed E-state index contributed by atoms with van der Waals surface area (Å²) < 4.78 is 0. The lowest BCUT2D eigenvalue weighted by Gasteiger charge is -2.30. The van der Waals surface area contributed by atoms with E-state index in [1.54, 1.807) is 16.7 Å². The Labute approximate surface area is 178 Å². The van der Waals surface area contributed by atoms with E-state index in [1.807, 2.05) is 22.7 Å². The minimum Gasteiger partial charge on any atom is -0.143 e. The van der Waals surface area contributed by atoms with Crippen molar-refractivity contribution in [3.63, 3.8) is 0 Å². The number of thiophene rings is 2. The lowest BCUT2D eigenvalue weighted by molar-refractivity contribution is 0.707. The van der Waals surface area contributed by atoms with Gasteiger partial charge in [-0.15, -0.1) is 22.7 Å². The Balaban J connectivity index is 1.65. The van der Waals surface area contributed by atoms with Crippen LogP contribution in [-0.2, 0) is 18.3 Å². The summed E-state index contributed by atoms with van der Waals surface area (Å²) in [5.41, 5.74) is 7.75. The number of hydrogen-bond acceptors (Lipinski definition) is 2. The predicted molar refractivity (Wildman–Crippen MR) is 127 cm³/mol. The highest BCUT2D eigenvalue weighted by atomic mass is 32.1. The highest BCUT2D eigenvalue weighted by Gasteiger charge is 2.44. The molecular weight excluding hydrogens is 388 g/mol. The Morgan fingerprint density at radius 2 is 1.41 bits per heavy atom. The van der Waals surface area contributed by atoms with Crippen molar-refractivity contribution in [3.8, 4) is 9.75 Å². The number of aryl methyl sites for hydroxylation is 1. The van der Waals surface area contributed by atoms with E-state index >= 15 is 0 Å². The first-order valence-electron chi connectivity index (χ1n) is 10.4. The first-order valence-corrected chi connectivity index (χ1v) is 12.2. The molecule has 0 saturated heterocycles. The maximum Gasteiger partial charge on any atom is 0.0490 e. The van der Waals surface area contributed by atoms with Crippen molar-refractivity contribution in [2.45, 2.75) is 31.6 Å². The van der Waals surface area contributed by atoms with Crippen LogP contribution >= 0.6 is 22.7 Å². The molecule has 0 N–H and O–H groups in total. The molecule has 2 aromatic heterocycles. The molecule has 0 spiro atoms. The zero-order chi connectivity index (χ0) is 19.2. The Morgan fingerprint density at radius 1 is 0.690 bits per heavy atom. The Morgan fingerprint density at radius 3 is 2.21 bits per heavy atom. The van der Waals surface area contributed by atoms with Gasteiger partial charge in [-0.25, -0.2) is 0 Å². The van der Waals surface area contributed by atoms with Gasteiger partial charge in [0.05, 0.1) is 0 Å². The molecule has 0 amide bonds. The van der Waals surface area contributed by atoms with E-state index in [0.717, 1.165) is 0 Å². The van der Waals surface area contributed by atoms with E-state index in [2.05, 4.69) is 72.3 Å². The fourth-order valence-corrected chi connectivity index (χ4v) is 8.12. The summed E-state index contributed by atoms with van der Waals surface area (Å²) in [4.78, 5) is 2.98. The van der Waals surface area contributed by atoms with Crippen molar-refractivity contribution in [2.24, 2.45) is 0 Å². The topological polar surface area (TPSA) is 0 Å². The molecule has 5 aromatic rings. The molecule has 29 heavy (non-hydrogen) atoms. The molecular formula is C27H20S2. The molecule has 2 aliphatic rings. The first-order chi connectivity index (χ1) is 14.3. The molecule has 2 heterocycles. The van der Waals surface area contributed by atoms with Gasteiger partial charge in [0, 0.05) is 15.2 Å². The summed E-state index contributed by atoms with van der Waals surface area (Å²) in [6, 6.07) is 20.9. The highest BCUT2D eigenvalue weighted by Crippen LogP contribution is 2.58. The van der Waals surface area contributed by atoms with Gasteiger partial charge in [-0.2, -0.15) is 0 Å². The van der Waals surface area contributed by atoms with Crippen LogP contribution < -0.4 is 0 Å². The fraction of sp³-hybridized carbons (Fsp3) is 0.185. The van der Waals surface area contributed by atoms with Gasteiger partial charge in [0.1, 0.15) is 0 Å². The van der Waals surface area contributed by atoms with Crippen LogP contribution in [0.2, 0.25) is 0 Å². The highest BCUT2D eigenvalue weighted by molar-refractivity contribution is 7.21. The molecule has 0 fully saturated rings. The van der Waals surface area contributed by atoms with Gasteiger partial charge in [0.15, 0.2) is 0 Å². The van der Waals surface area contributed by atoms with Gasteiger partial charge >= 0.3 is 0 Å². The SMILES string of the molecule is CC1(c2cc3c(ccc4ccccc43)c3c2CCC3)c2ccsc2-c2sccc21. The van der Waals surface area contributed by atoms with Gasteiger partial charge in [-0.3, -0.25) is 0 Å². The number of hydrogen-bond donors (Lipinski definition) is 0. The number of fused-ring (bicyclic) bond motifs is 8. The Kier molecular flexibility index (Phi) is 3.16. The second kappa shape index (κ2) is 5.59. The summed E-state index contributed by atoms with van der Waals surface area (Å²) in [6.07, 6.45) is 3.69. The summed E-state index contributed by atoms with van der Waals surface area (Å²) in [5, 5.41) is 10.2. The van der Waals surface area contributed by atoms with Crippen molar-refractivity contribution in [2.75, 3.05) is 0 Å². The van der Waals surface area contributed by atoms with E-state index in [4.69, 9.17) is 0 Å². The van der Waals surface area contributed by atoms with Gasteiger partial charge in [0.25, 0.3) is 0 Å². The molecule has 0 unspecified atom stereocenters. The van der Waals surface area contributed by atoms with Crippen LogP contribution in [0.4, 0.5) is 0 Å². The fourth-order valence-electron chi connectivity index (χ4n) is 5.92. The Hall–Kier alpha value is -2.42. The van der Waals surface area contributed by atoms with Crippen LogP contribution in [0.5, 0.6) is 0 Å². The number of rotatable bonds is 1. The quantitative estimate of drug-likeness (QED) is 0.247. The Bertz CT molecular complexity index is 1410. The summed E-state index contributed by atoms with van der Waals surface area (Å²) in [5.74, 6) is 0. The van der Waals surface area contributed by atoms with E-state index in [1.165, 1.54) is 61.7 Å². The van der Waals surface area contributed by atoms with Gasteiger partial charge in [-0.05, 0) is 105 Å². The lowest BCUT2D eigenvalue weighted by atomic mass is 9.72. The zero-order valence-corrected chi connectivity index (χ0v) is 17.9. The third-order valence-corrected chi connectivity index (χ3v) is 9.27. The van der Waals surface area contributed by atoms with Crippen molar-refractivity contribution >= 4 is 44.2 Å². The molecule has 0 bridgehead atoms. The molecule has 2 aliphatic carbocycles. The average Bonchev–Trinajstić information content (AvgIpc) is 3.53. The van der Waals surface area contributed by atoms with Gasteiger partial charge < -0.3 is 0 Å². The van der Waals surface area contributed by atoms with Crippen LogP contribution in [0.3, 0.4) is 0 Å².